The van der Waals surface area contributed by atoms with E-state index in [0.29, 0.717) is 6.54 Å². The molecular weight excluding hydrogens is 370 g/mol. The predicted octanol–water partition coefficient (Wildman–Crippen LogP) is 2.55. The summed E-state index contributed by atoms with van der Waals surface area (Å²) in [5.74, 6) is 1.85. The van der Waals surface area contributed by atoms with Crippen molar-refractivity contribution in [2.24, 2.45) is 4.99 Å². The lowest BCUT2D eigenvalue weighted by atomic mass is 10.1. The molecule has 3 aromatic rings. The number of nitrogens with zero attached hydrogens (tertiary/aromatic N) is 6. The molecule has 2 aromatic heterocycles. The van der Waals surface area contributed by atoms with Crippen molar-refractivity contribution in [2.45, 2.75) is 19.9 Å². The zero-order chi connectivity index (χ0) is 19.3. The van der Waals surface area contributed by atoms with E-state index in [2.05, 4.69) is 65.6 Å². The SMILES string of the molecule is CCc1nsc(N2CCN(C(=NC)NCc3nccc4ccccc34)CC2)n1. The third-order valence-electron chi connectivity index (χ3n) is 5.01. The number of piperazine rings is 1. The number of nitrogens with one attached hydrogen (secondary N) is 1. The summed E-state index contributed by atoms with van der Waals surface area (Å²) in [5, 5.41) is 6.90. The van der Waals surface area contributed by atoms with E-state index < -0.39 is 0 Å². The molecule has 0 bridgehead atoms. The van der Waals surface area contributed by atoms with E-state index in [1.54, 1.807) is 0 Å². The minimum Gasteiger partial charge on any atom is -0.351 e. The number of aliphatic imine (C=N–C) groups is 1. The molecule has 0 aliphatic carbocycles. The van der Waals surface area contributed by atoms with Gasteiger partial charge in [0, 0.05) is 62.8 Å². The third kappa shape index (κ3) is 3.91. The summed E-state index contributed by atoms with van der Waals surface area (Å²) in [6.45, 7) is 6.40. The Morgan fingerprint density at radius 1 is 1.18 bits per heavy atom. The van der Waals surface area contributed by atoms with Crippen molar-refractivity contribution >= 4 is 33.4 Å². The Kier molecular flexibility index (Phi) is 5.66. The van der Waals surface area contributed by atoms with Crippen molar-refractivity contribution in [2.75, 3.05) is 38.1 Å². The topological polar surface area (TPSA) is 69.5 Å². The lowest BCUT2D eigenvalue weighted by Crippen LogP contribution is -2.52. The molecular formula is C20H25N7S. The molecule has 8 heteroatoms. The molecule has 0 radical (unpaired) electrons. The Morgan fingerprint density at radius 3 is 2.75 bits per heavy atom. The summed E-state index contributed by atoms with van der Waals surface area (Å²) in [6.07, 6.45) is 2.75. The van der Waals surface area contributed by atoms with Crippen molar-refractivity contribution in [1.82, 2.24) is 24.6 Å². The standard InChI is InChI=1S/C20H25N7S/c1-3-18-24-20(28-25-18)27-12-10-26(11-13-27)19(21-2)23-14-17-16-7-5-4-6-15(16)8-9-22-17/h4-9H,3,10-14H2,1-2H3,(H,21,23). The van der Waals surface area contributed by atoms with Crippen molar-refractivity contribution in [3.63, 3.8) is 0 Å². The minimum absolute atomic E-state index is 0.657. The van der Waals surface area contributed by atoms with Gasteiger partial charge in [0.15, 0.2) is 5.96 Å². The maximum absolute atomic E-state index is 4.61. The van der Waals surface area contributed by atoms with Gasteiger partial charge in [0.1, 0.15) is 5.82 Å². The van der Waals surface area contributed by atoms with Crippen molar-refractivity contribution < 1.29 is 0 Å². The Labute approximate surface area is 169 Å². The van der Waals surface area contributed by atoms with Crippen LogP contribution in [0.15, 0.2) is 41.5 Å². The van der Waals surface area contributed by atoms with Crippen molar-refractivity contribution in [1.29, 1.82) is 0 Å². The van der Waals surface area contributed by atoms with Crippen LogP contribution in [-0.4, -0.2) is 58.4 Å². The van der Waals surface area contributed by atoms with Crippen LogP contribution in [0.4, 0.5) is 5.13 Å². The molecule has 1 aromatic carbocycles. The smallest absolute Gasteiger partial charge is 0.205 e. The molecule has 7 nitrogen and oxygen atoms in total. The van der Waals surface area contributed by atoms with Gasteiger partial charge in [-0.3, -0.25) is 9.98 Å². The minimum atomic E-state index is 0.657. The highest BCUT2D eigenvalue weighted by molar-refractivity contribution is 7.09. The fourth-order valence-corrected chi connectivity index (χ4v) is 4.25. The molecule has 1 saturated heterocycles. The summed E-state index contributed by atoms with van der Waals surface area (Å²) in [4.78, 5) is 18.3. The molecule has 0 saturated carbocycles. The first-order valence-electron chi connectivity index (χ1n) is 9.64. The van der Waals surface area contributed by atoms with Crippen molar-refractivity contribution in [3.8, 4) is 0 Å². The van der Waals surface area contributed by atoms with Gasteiger partial charge in [-0.25, -0.2) is 4.98 Å². The highest BCUT2D eigenvalue weighted by Crippen LogP contribution is 2.19. The highest BCUT2D eigenvalue weighted by atomic mass is 32.1. The molecule has 28 heavy (non-hydrogen) atoms. The summed E-state index contributed by atoms with van der Waals surface area (Å²) in [7, 11) is 1.84. The first-order chi connectivity index (χ1) is 13.8. The van der Waals surface area contributed by atoms with E-state index in [1.807, 2.05) is 19.3 Å². The van der Waals surface area contributed by atoms with Gasteiger partial charge in [0.25, 0.3) is 0 Å². The molecule has 0 spiro atoms. The monoisotopic (exact) mass is 395 g/mol. The van der Waals surface area contributed by atoms with Gasteiger partial charge in [-0.05, 0) is 11.5 Å². The lowest BCUT2D eigenvalue weighted by Gasteiger charge is -2.36. The molecule has 146 valence electrons. The number of aryl methyl sites for hydroxylation is 1. The van der Waals surface area contributed by atoms with Crippen LogP contribution in [-0.2, 0) is 13.0 Å². The second-order valence-corrected chi connectivity index (χ2v) is 7.43. The Hall–Kier alpha value is -2.74. The van der Waals surface area contributed by atoms with Crippen LogP contribution in [0.1, 0.15) is 18.4 Å². The predicted molar refractivity (Wildman–Crippen MR) is 115 cm³/mol. The van der Waals surface area contributed by atoms with Crippen LogP contribution in [0, 0.1) is 0 Å². The molecule has 1 aliphatic rings. The summed E-state index contributed by atoms with van der Waals surface area (Å²) < 4.78 is 4.40. The molecule has 3 heterocycles. The number of guanidine groups is 1. The average molecular weight is 396 g/mol. The quantitative estimate of drug-likeness (QED) is 0.541. The van der Waals surface area contributed by atoms with Gasteiger partial charge >= 0.3 is 0 Å². The van der Waals surface area contributed by atoms with Crippen LogP contribution in [0.3, 0.4) is 0 Å². The zero-order valence-corrected chi connectivity index (χ0v) is 17.1. The van der Waals surface area contributed by atoms with E-state index in [-0.39, 0.29) is 0 Å². The number of pyridine rings is 1. The normalized spacial score (nSPS) is 15.3. The molecule has 0 atom stereocenters. The number of benzene rings is 1. The van der Waals surface area contributed by atoms with Crippen LogP contribution < -0.4 is 10.2 Å². The van der Waals surface area contributed by atoms with Gasteiger partial charge in [-0.15, -0.1) is 0 Å². The first kappa shape index (κ1) is 18.6. The van der Waals surface area contributed by atoms with E-state index in [9.17, 15) is 0 Å². The highest BCUT2D eigenvalue weighted by Gasteiger charge is 2.22. The van der Waals surface area contributed by atoms with E-state index in [4.69, 9.17) is 0 Å². The number of hydrogen-bond donors (Lipinski definition) is 1. The number of aromatic nitrogens is 3. The molecule has 0 amide bonds. The maximum atomic E-state index is 4.61. The molecule has 1 fully saturated rings. The average Bonchev–Trinajstić information content (AvgIpc) is 3.24. The first-order valence-corrected chi connectivity index (χ1v) is 10.4. The lowest BCUT2D eigenvalue weighted by molar-refractivity contribution is 0.372. The maximum Gasteiger partial charge on any atom is 0.205 e. The fraction of sp³-hybridized carbons (Fsp3) is 0.400. The second-order valence-electron chi connectivity index (χ2n) is 6.70. The van der Waals surface area contributed by atoms with Crippen LogP contribution in [0.5, 0.6) is 0 Å². The van der Waals surface area contributed by atoms with Gasteiger partial charge in [-0.2, -0.15) is 4.37 Å². The Bertz CT molecular complexity index is 955. The molecule has 1 aliphatic heterocycles. The third-order valence-corrected chi connectivity index (χ3v) is 5.82. The van der Waals surface area contributed by atoms with E-state index in [0.717, 1.165) is 55.2 Å². The Morgan fingerprint density at radius 2 is 2.00 bits per heavy atom. The second kappa shape index (κ2) is 8.52. The van der Waals surface area contributed by atoms with E-state index >= 15 is 0 Å². The summed E-state index contributed by atoms with van der Waals surface area (Å²) in [5.41, 5.74) is 1.04. The number of fused-ring (bicyclic) bond motifs is 1. The van der Waals surface area contributed by atoms with Crippen LogP contribution in [0.25, 0.3) is 10.8 Å². The summed E-state index contributed by atoms with van der Waals surface area (Å²) >= 11 is 1.50. The zero-order valence-electron chi connectivity index (χ0n) is 16.3. The van der Waals surface area contributed by atoms with E-state index in [1.165, 1.54) is 22.3 Å². The fourth-order valence-electron chi connectivity index (χ4n) is 3.44. The van der Waals surface area contributed by atoms with Gasteiger partial charge in [0.2, 0.25) is 5.13 Å². The van der Waals surface area contributed by atoms with Crippen LogP contribution >= 0.6 is 11.5 Å². The number of hydrogen-bond acceptors (Lipinski definition) is 6. The van der Waals surface area contributed by atoms with Gasteiger partial charge in [-0.1, -0.05) is 31.2 Å². The number of anilines is 1. The van der Waals surface area contributed by atoms with Gasteiger partial charge in [0.05, 0.1) is 12.2 Å². The van der Waals surface area contributed by atoms with Gasteiger partial charge < -0.3 is 15.1 Å². The molecule has 1 N–H and O–H groups in total. The number of rotatable bonds is 4. The van der Waals surface area contributed by atoms with Crippen molar-refractivity contribution in [3.05, 3.63) is 48.0 Å². The molecule has 4 rings (SSSR count). The summed E-state index contributed by atoms with van der Waals surface area (Å²) in [6, 6.07) is 10.4. The largest absolute Gasteiger partial charge is 0.351 e. The Balaban J connectivity index is 1.37. The molecule has 0 unspecified atom stereocenters. The van der Waals surface area contributed by atoms with Crippen LogP contribution in [0.2, 0.25) is 0 Å².